The molecule has 0 radical (unpaired) electrons. The van der Waals surface area contributed by atoms with Crippen LogP contribution in [-0.4, -0.2) is 32.7 Å². The lowest BCUT2D eigenvalue weighted by atomic mass is 9.98. The Morgan fingerprint density at radius 3 is 2.14 bits per heavy atom. The normalized spacial score (nSPS) is 21.3. The molecule has 0 amide bonds. The summed E-state index contributed by atoms with van der Waals surface area (Å²) < 4.78 is 29.1. The van der Waals surface area contributed by atoms with Crippen molar-refractivity contribution in [1.82, 2.24) is 0 Å². The van der Waals surface area contributed by atoms with E-state index in [9.17, 15) is 8.42 Å². The molecule has 0 atom stereocenters. The minimum absolute atomic E-state index is 0.0637. The SMILES string of the molecule is CC1(C)CN(c2cc(S(N)(=O)=O)ccc2N)CC(C)(C)O1. The van der Waals surface area contributed by atoms with E-state index in [2.05, 4.69) is 0 Å². The Kier molecular flexibility index (Phi) is 3.72. The first-order valence-corrected chi connectivity index (χ1v) is 8.32. The van der Waals surface area contributed by atoms with Gasteiger partial charge in [0.05, 0.1) is 27.5 Å². The molecule has 0 aromatic heterocycles. The highest BCUT2D eigenvalue weighted by molar-refractivity contribution is 7.89. The van der Waals surface area contributed by atoms with Crippen LogP contribution < -0.4 is 15.8 Å². The lowest BCUT2D eigenvalue weighted by Crippen LogP contribution is -2.57. The molecular formula is C14H23N3O3S. The van der Waals surface area contributed by atoms with Crippen LogP contribution in [-0.2, 0) is 14.8 Å². The number of primary sulfonamides is 1. The Bertz CT molecular complexity index is 637. The number of morpholine rings is 1. The van der Waals surface area contributed by atoms with Gasteiger partial charge in [0.2, 0.25) is 10.0 Å². The second kappa shape index (κ2) is 4.86. The summed E-state index contributed by atoms with van der Waals surface area (Å²) in [7, 11) is -3.75. The van der Waals surface area contributed by atoms with Crippen LogP contribution in [0, 0.1) is 0 Å². The lowest BCUT2D eigenvalue weighted by Gasteiger charge is -2.48. The van der Waals surface area contributed by atoms with Crippen molar-refractivity contribution in [2.45, 2.75) is 43.8 Å². The second-order valence-electron chi connectivity index (χ2n) is 6.74. The van der Waals surface area contributed by atoms with Crippen molar-refractivity contribution in [3.63, 3.8) is 0 Å². The summed E-state index contributed by atoms with van der Waals surface area (Å²) in [5, 5.41) is 5.20. The molecule has 1 fully saturated rings. The molecule has 2 rings (SSSR count). The van der Waals surface area contributed by atoms with Crippen molar-refractivity contribution in [3.05, 3.63) is 18.2 Å². The van der Waals surface area contributed by atoms with E-state index in [0.717, 1.165) is 0 Å². The third-order valence-corrected chi connectivity index (χ3v) is 4.28. The molecule has 7 heteroatoms. The quantitative estimate of drug-likeness (QED) is 0.802. The first kappa shape index (κ1) is 16.1. The van der Waals surface area contributed by atoms with Gasteiger partial charge in [-0.2, -0.15) is 0 Å². The van der Waals surface area contributed by atoms with Crippen LogP contribution in [0.3, 0.4) is 0 Å². The first-order valence-electron chi connectivity index (χ1n) is 6.77. The van der Waals surface area contributed by atoms with Crippen molar-refractivity contribution in [2.24, 2.45) is 5.14 Å². The van der Waals surface area contributed by atoms with Gasteiger partial charge in [-0.25, -0.2) is 13.6 Å². The van der Waals surface area contributed by atoms with Gasteiger partial charge in [0, 0.05) is 13.1 Å². The fourth-order valence-corrected chi connectivity index (χ4v) is 3.47. The molecule has 1 aromatic rings. The maximum absolute atomic E-state index is 11.5. The number of hydrogen-bond acceptors (Lipinski definition) is 5. The third kappa shape index (κ3) is 3.66. The van der Waals surface area contributed by atoms with E-state index in [-0.39, 0.29) is 16.1 Å². The van der Waals surface area contributed by atoms with Gasteiger partial charge in [-0.15, -0.1) is 0 Å². The maximum atomic E-state index is 11.5. The standard InChI is InChI=1S/C14H23N3O3S/c1-13(2)8-17(9-14(3,4)20-13)12-7-10(21(16,18)19)5-6-11(12)15/h5-7H,8-9,15H2,1-4H3,(H2,16,18,19). The largest absolute Gasteiger partial charge is 0.397 e. The zero-order valence-corrected chi connectivity index (χ0v) is 13.7. The Hall–Kier alpha value is -1.31. The molecular weight excluding hydrogens is 290 g/mol. The van der Waals surface area contributed by atoms with Gasteiger partial charge in [-0.1, -0.05) is 0 Å². The van der Waals surface area contributed by atoms with E-state index in [1.807, 2.05) is 32.6 Å². The Balaban J connectivity index is 2.46. The Morgan fingerprint density at radius 2 is 1.67 bits per heavy atom. The van der Waals surface area contributed by atoms with Gasteiger partial charge < -0.3 is 15.4 Å². The number of anilines is 2. The maximum Gasteiger partial charge on any atom is 0.238 e. The molecule has 0 bridgehead atoms. The zero-order chi connectivity index (χ0) is 16.1. The third-order valence-electron chi connectivity index (χ3n) is 3.37. The van der Waals surface area contributed by atoms with Gasteiger partial charge in [0.25, 0.3) is 0 Å². The fraction of sp³-hybridized carbons (Fsp3) is 0.571. The number of rotatable bonds is 2. The van der Waals surface area contributed by atoms with Crippen LogP contribution in [0.5, 0.6) is 0 Å². The van der Waals surface area contributed by atoms with Crippen LogP contribution >= 0.6 is 0 Å². The molecule has 1 aromatic carbocycles. The first-order chi connectivity index (χ1) is 9.40. The Morgan fingerprint density at radius 1 is 1.14 bits per heavy atom. The van der Waals surface area contributed by atoms with E-state index < -0.39 is 10.0 Å². The number of nitrogen functional groups attached to an aromatic ring is 1. The summed E-state index contributed by atoms with van der Waals surface area (Å²) in [6.07, 6.45) is 0. The Labute approximate surface area is 126 Å². The smallest absolute Gasteiger partial charge is 0.238 e. The van der Waals surface area contributed by atoms with E-state index >= 15 is 0 Å². The van der Waals surface area contributed by atoms with Gasteiger partial charge in [0.15, 0.2) is 0 Å². The molecule has 4 N–H and O–H groups in total. The number of sulfonamides is 1. The number of nitrogens with two attached hydrogens (primary N) is 2. The number of nitrogens with zero attached hydrogens (tertiary/aromatic N) is 1. The van der Waals surface area contributed by atoms with Crippen molar-refractivity contribution in [1.29, 1.82) is 0 Å². The molecule has 0 saturated carbocycles. The second-order valence-corrected chi connectivity index (χ2v) is 8.30. The number of benzene rings is 1. The van der Waals surface area contributed by atoms with E-state index in [0.29, 0.717) is 24.5 Å². The highest BCUT2D eigenvalue weighted by Gasteiger charge is 2.38. The average molecular weight is 313 g/mol. The van der Waals surface area contributed by atoms with Gasteiger partial charge in [-0.3, -0.25) is 0 Å². The number of ether oxygens (including phenoxy) is 1. The molecule has 0 unspecified atom stereocenters. The van der Waals surface area contributed by atoms with Gasteiger partial charge in [-0.05, 0) is 45.9 Å². The zero-order valence-electron chi connectivity index (χ0n) is 12.9. The van der Waals surface area contributed by atoms with Crippen molar-refractivity contribution in [2.75, 3.05) is 23.7 Å². The highest BCUT2D eigenvalue weighted by atomic mass is 32.2. The molecule has 0 aliphatic carbocycles. The van der Waals surface area contributed by atoms with Crippen LogP contribution in [0.15, 0.2) is 23.1 Å². The molecule has 1 saturated heterocycles. The van der Waals surface area contributed by atoms with Crippen LogP contribution in [0.2, 0.25) is 0 Å². The van der Waals surface area contributed by atoms with Crippen LogP contribution in [0.4, 0.5) is 11.4 Å². The molecule has 1 aliphatic heterocycles. The van der Waals surface area contributed by atoms with Crippen molar-refractivity contribution < 1.29 is 13.2 Å². The van der Waals surface area contributed by atoms with E-state index in [4.69, 9.17) is 15.6 Å². The van der Waals surface area contributed by atoms with Crippen molar-refractivity contribution >= 4 is 21.4 Å². The molecule has 1 heterocycles. The monoisotopic (exact) mass is 313 g/mol. The average Bonchev–Trinajstić information content (AvgIpc) is 2.23. The lowest BCUT2D eigenvalue weighted by molar-refractivity contribution is -0.133. The summed E-state index contributed by atoms with van der Waals surface area (Å²) in [4.78, 5) is 2.11. The number of hydrogen-bond donors (Lipinski definition) is 2. The summed E-state index contributed by atoms with van der Waals surface area (Å²) >= 11 is 0. The predicted octanol–water partition coefficient (Wildman–Crippen LogP) is 1.31. The molecule has 6 nitrogen and oxygen atoms in total. The van der Waals surface area contributed by atoms with Crippen LogP contribution in [0.1, 0.15) is 27.7 Å². The minimum Gasteiger partial charge on any atom is -0.397 e. The molecule has 21 heavy (non-hydrogen) atoms. The summed E-state index contributed by atoms with van der Waals surface area (Å²) in [6, 6.07) is 4.53. The minimum atomic E-state index is -3.75. The summed E-state index contributed by atoms with van der Waals surface area (Å²) in [5.41, 5.74) is 6.51. The van der Waals surface area contributed by atoms with Crippen molar-refractivity contribution in [3.8, 4) is 0 Å². The highest BCUT2D eigenvalue weighted by Crippen LogP contribution is 2.34. The molecule has 1 aliphatic rings. The summed E-state index contributed by atoms with van der Waals surface area (Å²) in [6.45, 7) is 9.24. The van der Waals surface area contributed by atoms with Gasteiger partial charge in [0.1, 0.15) is 0 Å². The molecule has 0 spiro atoms. The predicted molar refractivity (Wildman–Crippen MR) is 83.7 cm³/mol. The van der Waals surface area contributed by atoms with Crippen LogP contribution in [0.25, 0.3) is 0 Å². The summed E-state index contributed by atoms with van der Waals surface area (Å²) in [5.74, 6) is 0. The van der Waals surface area contributed by atoms with Gasteiger partial charge >= 0.3 is 0 Å². The topological polar surface area (TPSA) is 98.7 Å². The van der Waals surface area contributed by atoms with E-state index in [1.165, 1.54) is 12.1 Å². The molecule has 118 valence electrons. The van der Waals surface area contributed by atoms with E-state index in [1.54, 1.807) is 6.07 Å². The fourth-order valence-electron chi connectivity index (χ4n) is 2.93.